The molecule has 1 atom stereocenters. The maximum atomic E-state index is 13.0. The van der Waals surface area contributed by atoms with Crippen molar-refractivity contribution < 1.29 is 22.7 Å². The molecule has 1 heterocycles. The van der Waals surface area contributed by atoms with Crippen LogP contribution in [0.25, 0.3) is 0 Å². The molecule has 0 saturated carbocycles. The number of nitrogens with zero attached hydrogens (tertiary/aromatic N) is 2. The SMILES string of the molecule is COc1ccc(CCN2C(=O)N(NS(C)(=O)=O)CC2c2ccc(OC(C)C)cc2)cc1. The Morgan fingerprint density at radius 2 is 1.68 bits per heavy atom. The molecule has 1 aliphatic rings. The van der Waals surface area contributed by atoms with Gasteiger partial charge in [-0.1, -0.05) is 24.3 Å². The monoisotopic (exact) mass is 447 g/mol. The summed E-state index contributed by atoms with van der Waals surface area (Å²) in [7, 11) is -1.96. The Hall–Kier alpha value is -2.78. The summed E-state index contributed by atoms with van der Waals surface area (Å²) >= 11 is 0. The second kappa shape index (κ2) is 9.57. The number of carbonyl (C=O) groups is 1. The van der Waals surface area contributed by atoms with Crippen LogP contribution in [0.2, 0.25) is 0 Å². The fraction of sp³-hybridized carbons (Fsp3) is 0.409. The van der Waals surface area contributed by atoms with E-state index in [1.54, 1.807) is 12.0 Å². The molecule has 168 valence electrons. The normalized spacial score (nSPS) is 16.8. The van der Waals surface area contributed by atoms with Crippen LogP contribution in [-0.4, -0.2) is 56.9 Å². The van der Waals surface area contributed by atoms with Crippen molar-refractivity contribution in [3.05, 3.63) is 59.7 Å². The van der Waals surface area contributed by atoms with Crippen molar-refractivity contribution in [2.24, 2.45) is 0 Å². The van der Waals surface area contributed by atoms with Gasteiger partial charge in [-0.3, -0.25) is 0 Å². The summed E-state index contributed by atoms with van der Waals surface area (Å²) < 4.78 is 34.3. The molecule has 1 unspecified atom stereocenters. The number of hydrogen-bond donors (Lipinski definition) is 1. The Balaban J connectivity index is 1.79. The molecule has 31 heavy (non-hydrogen) atoms. The second-order valence-electron chi connectivity index (χ2n) is 7.80. The van der Waals surface area contributed by atoms with E-state index in [4.69, 9.17) is 9.47 Å². The van der Waals surface area contributed by atoms with E-state index < -0.39 is 10.0 Å². The third-order valence-corrected chi connectivity index (χ3v) is 5.47. The highest BCUT2D eigenvalue weighted by Crippen LogP contribution is 2.30. The van der Waals surface area contributed by atoms with Gasteiger partial charge in [0, 0.05) is 6.54 Å². The topological polar surface area (TPSA) is 88.2 Å². The number of nitrogens with one attached hydrogen (secondary N) is 1. The molecule has 0 radical (unpaired) electrons. The first-order chi connectivity index (χ1) is 14.7. The Bertz CT molecular complexity index is 991. The highest BCUT2D eigenvalue weighted by molar-refractivity contribution is 7.88. The number of hydrogen-bond acceptors (Lipinski definition) is 5. The van der Waals surface area contributed by atoms with Crippen LogP contribution in [0, 0.1) is 0 Å². The van der Waals surface area contributed by atoms with E-state index in [2.05, 4.69) is 4.83 Å². The zero-order valence-corrected chi connectivity index (χ0v) is 19.1. The molecule has 2 aromatic rings. The van der Waals surface area contributed by atoms with Gasteiger partial charge in [0.1, 0.15) is 11.5 Å². The van der Waals surface area contributed by atoms with Crippen LogP contribution in [0.3, 0.4) is 0 Å². The van der Waals surface area contributed by atoms with Crippen LogP contribution in [0.5, 0.6) is 11.5 Å². The molecule has 1 fully saturated rings. The summed E-state index contributed by atoms with van der Waals surface area (Å²) in [6.45, 7) is 4.58. The lowest BCUT2D eigenvalue weighted by atomic mass is 10.1. The van der Waals surface area contributed by atoms with Crippen LogP contribution in [0.4, 0.5) is 4.79 Å². The molecule has 2 aromatic carbocycles. The molecule has 1 aliphatic heterocycles. The molecule has 9 heteroatoms. The minimum Gasteiger partial charge on any atom is -0.497 e. The van der Waals surface area contributed by atoms with Crippen molar-refractivity contribution in [1.29, 1.82) is 0 Å². The molecule has 8 nitrogen and oxygen atoms in total. The lowest BCUT2D eigenvalue weighted by molar-refractivity contribution is 0.182. The maximum Gasteiger partial charge on any atom is 0.335 e. The first-order valence-corrected chi connectivity index (χ1v) is 12.0. The largest absolute Gasteiger partial charge is 0.497 e. The molecular formula is C22H29N3O5S. The number of benzene rings is 2. The van der Waals surface area contributed by atoms with Crippen LogP contribution < -0.4 is 14.3 Å². The van der Waals surface area contributed by atoms with Crippen LogP contribution in [0.15, 0.2) is 48.5 Å². The highest BCUT2D eigenvalue weighted by atomic mass is 32.2. The lowest BCUT2D eigenvalue weighted by Gasteiger charge is -2.24. The lowest BCUT2D eigenvalue weighted by Crippen LogP contribution is -2.44. The molecular weight excluding hydrogens is 418 g/mol. The first-order valence-electron chi connectivity index (χ1n) is 10.1. The van der Waals surface area contributed by atoms with Gasteiger partial charge in [-0.25, -0.2) is 18.2 Å². The molecule has 0 aromatic heterocycles. The first kappa shape index (κ1) is 22.9. The Kier molecular flexibility index (Phi) is 7.07. The number of rotatable bonds is 9. The Morgan fingerprint density at radius 1 is 1.06 bits per heavy atom. The predicted molar refractivity (Wildman–Crippen MR) is 118 cm³/mol. The Morgan fingerprint density at radius 3 is 2.23 bits per heavy atom. The maximum absolute atomic E-state index is 13.0. The van der Waals surface area contributed by atoms with Crippen LogP contribution >= 0.6 is 0 Å². The van der Waals surface area contributed by atoms with Gasteiger partial charge in [0.15, 0.2) is 0 Å². The van der Waals surface area contributed by atoms with Crippen molar-refractivity contribution in [3.8, 4) is 11.5 Å². The fourth-order valence-corrected chi connectivity index (χ4v) is 4.09. The number of hydrazine groups is 1. The summed E-state index contributed by atoms with van der Waals surface area (Å²) in [5.41, 5.74) is 1.97. The number of methoxy groups -OCH3 is 1. The van der Waals surface area contributed by atoms with E-state index >= 15 is 0 Å². The second-order valence-corrected chi connectivity index (χ2v) is 9.53. The van der Waals surface area contributed by atoms with Crippen molar-refractivity contribution >= 4 is 16.1 Å². The summed E-state index contributed by atoms with van der Waals surface area (Å²) in [6.07, 6.45) is 1.73. The van der Waals surface area contributed by atoms with Crippen molar-refractivity contribution in [3.63, 3.8) is 0 Å². The average molecular weight is 448 g/mol. The summed E-state index contributed by atoms with van der Waals surface area (Å²) in [5, 5.41) is 1.16. The van der Waals surface area contributed by atoms with E-state index in [0.29, 0.717) is 13.0 Å². The molecule has 1 saturated heterocycles. The minimum atomic E-state index is -3.57. The van der Waals surface area contributed by atoms with Gasteiger partial charge in [-0.15, -0.1) is 4.83 Å². The predicted octanol–water partition coefficient (Wildman–Crippen LogP) is 2.97. The zero-order chi connectivity index (χ0) is 22.6. The number of sulfonamides is 1. The summed E-state index contributed by atoms with van der Waals surface area (Å²) in [4.78, 5) is 17.0. The van der Waals surface area contributed by atoms with Crippen LogP contribution in [0.1, 0.15) is 31.0 Å². The van der Waals surface area contributed by atoms with Gasteiger partial charge in [0.2, 0.25) is 10.0 Å². The molecule has 0 aliphatic carbocycles. The smallest absolute Gasteiger partial charge is 0.335 e. The minimum absolute atomic E-state index is 0.0642. The molecule has 0 spiro atoms. The Labute approximate surface area is 183 Å². The molecule has 2 amide bonds. The van der Waals surface area contributed by atoms with E-state index in [9.17, 15) is 13.2 Å². The third-order valence-electron chi connectivity index (χ3n) is 4.92. The van der Waals surface area contributed by atoms with Gasteiger partial charge >= 0.3 is 6.03 Å². The number of urea groups is 1. The third kappa shape index (κ3) is 6.11. The van der Waals surface area contributed by atoms with Gasteiger partial charge < -0.3 is 14.4 Å². The van der Waals surface area contributed by atoms with Gasteiger partial charge in [-0.05, 0) is 55.7 Å². The van der Waals surface area contributed by atoms with Gasteiger partial charge in [0.25, 0.3) is 0 Å². The van der Waals surface area contributed by atoms with E-state index in [0.717, 1.165) is 33.9 Å². The van der Waals surface area contributed by atoms with E-state index in [1.165, 1.54) is 0 Å². The van der Waals surface area contributed by atoms with Gasteiger partial charge in [0.05, 0.1) is 32.1 Å². The molecule has 0 bridgehead atoms. The van der Waals surface area contributed by atoms with Crippen molar-refractivity contribution in [1.82, 2.24) is 14.7 Å². The number of amides is 2. The number of carbonyl (C=O) groups excluding carboxylic acids is 1. The number of ether oxygens (including phenoxy) is 2. The summed E-state index contributed by atoms with van der Waals surface area (Å²) in [5.74, 6) is 1.52. The highest BCUT2D eigenvalue weighted by Gasteiger charge is 2.39. The summed E-state index contributed by atoms with van der Waals surface area (Å²) in [6, 6.07) is 14.6. The molecule has 3 rings (SSSR count). The van der Waals surface area contributed by atoms with E-state index in [1.807, 2.05) is 62.4 Å². The van der Waals surface area contributed by atoms with E-state index in [-0.39, 0.29) is 24.7 Å². The fourth-order valence-electron chi connectivity index (χ4n) is 3.53. The van der Waals surface area contributed by atoms with Crippen LogP contribution in [-0.2, 0) is 16.4 Å². The standard InChI is InChI=1S/C22H29N3O5S/c1-16(2)30-20-11-7-18(8-12-20)21-15-25(23-31(4,27)28)22(26)24(21)14-13-17-5-9-19(29-3)10-6-17/h5-12,16,21,23H,13-15H2,1-4H3. The van der Waals surface area contributed by atoms with Crippen molar-refractivity contribution in [2.45, 2.75) is 32.4 Å². The molecule has 1 N–H and O–H groups in total. The average Bonchev–Trinajstić information content (AvgIpc) is 3.01. The van der Waals surface area contributed by atoms with Gasteiger partial charge in [-0.2, -0.15) is 0 Å². The quantitative estimate of drug-likeness (QED) is 0.639. The van der Waals surface area contributed by atoms with Crippen molar-refractivity contribution in [2.75, 3.05) is 26.5 Å². The zero-order valence-electron chi connectivity index (χ0n) is 18.2.